The molecule has 94 valence electrons. The Morgan fingerprint density at radius 2 is 2.33 bits per heavy atom. The minimum Gasteiger partial charge on any atom is -0.364 e. The summed E-state index contributed by atoms with van der Waals surface area (Å²) in [5.74, 6) is 0.610. The van der Waals surface area contributed by atoms with Gasteiger partial charge in [-0.1, -0.05) is 0 Å². The van der Waals surface area contributed by atoms with Crippen LogP contribution < -0.4 is 5.32 Å². The SMILES string of the molecule is Cc1cc(NCc2ccnn2C)ncc1[N+](=O)[O-]. The summed E-state index contributed by atoms with van der Waals surface area (Å²) in [7, 11) is 1.85. The van der Waals surface area contributed by atoms with E-state index in [4.69, 9.17) is 0 Å². The molecule has 0 saturated carbocycles. The summed E-state index contributed by atoms with van der Waals surface area (Å²) in [6, 6.07) is 3.56. The van der Waals surface area contributed by atoms with Crippen molar-refractivity contribution < 1.29 is 4.92 Å². The summed E-state index contributed by atoms with van der Waals surface area (Å²) in [6.45, 7) is 2.26. The molecule has 2 aromatic rings. The zero-order chi connectivity index (χ0) is 13.1. The molecule has 0 aliphatic rings. The van der Waals surface area contributed by atoms with Gasteiger partial charge in [0.1, 0.15) is 12.0 Å². The predicted octanol–water partition coefficient (Wildman–Crippen LogP) is 1.64. The smallest absolute Gasteiger partial charge is 0.290 e. The average molecular weight is 247 g/mol. The lowest BCUT2D eigenvalue weighted by Gasteiger charge is -2.06. The molecule has 7 nitrogen and oxygen atoms in total. The number of aryl methyl sites for hydroxylation is 2. The van der Waals surface area contributed by atoms with Crippen molar-refractivity contribution in [2.75, 3.05) is 5.32 Å². The maximum atomic E-state index is 10.7. The third-order valence-electron chi connectivity index (χ3n) is 2.65. The fraction of sp³-hybridized carbons (Fsp3) is 0.273. The fourth-order valence-electron chi connectivity index (χ4n) is 1.59. The van der Waals surface area contributed by atoms with Crippen LogP contribution in [0.4, 0.5) is 11.5 Å². The number of nitrogens with one attached hydrogen (secondary N) is 1. The maximum Gasteiger partial charge on any atom is 0.290 e. The van der Waals surface area contributed by atoms with E-state index >= 15 is 0 Å². The number of nitrogens with zero attached hydrogens (tertiary/aromatic N) is 4. The van der Waals surface area contributed by atoms with Gasteiger partial charge in [-0.05, 0) is 19.1 Å². The van der Waals surface area contributed by atoms with Crippen LogP contribution >= 0.6 is 0 Å². The molecule has 1 N–H and O–H groups in total. The Kier molecular flexibility index (Phi) is 3.22. The molecule has 2 rings (SSSR count). The Hall–Kier alpha value is -2.44. The highest BCUT2D eigenvalue weighted by atomic mass is 16.6. The molecule has 0 bridgehead atoms. The van der Waals surface area contributed by atoms with E-state index in [-0.39, 0.29) is 5.69 Å². The van der Waals surface area contributed by atoms with Crippen molar-refractivity contribution in [3.05, 3.63) is 45.9 Å². The number of nitro groups is 1. The van der Waals surface area contributed by atoms with E-state index < -0.39 is 4.92 Å². The van der Waals surface area contributed by atoms with Crippen molar-refractivity contribution in [1.82, 2.24) is 14.8 Å². The Labute approximate surface area is 104 Å². The largest absolute Gasteiger partial charge is 0.364 e. The summed E-state index contributed by atoms with van der Waals surface area (Å²) in [6.07, 6.45) is 2.98. The average Bonchev–Trinajstić information content (AvgIpc) is 2.72. The minimum atomic E-state index is -0.437. The zero-order valence-electron chi connectivity index (χ0n) is 10.1. The van der Waals surface area contributed by atoms with Crippen LogP contribution in [0.3, 0.4) is 0 Å². The van der Waals surface area contributed by atoms with Gasteiger partial charge in [0, 0.05) is 18.8 Å². The first-order valence-corrected chi connectivity index (χ1v) is 5.39. The maximum absolute atomic E-state index is 10.7. The molecule has 0 radical (unpaired) electrons. The van der Waals surface area contributed by atoms with Gasteiger partial charge in [-0.2, -0.15) is 5.10 Å². The molecular weight excluding hydrogens is 234 g/mol. The highest BCUT2D eigenvalue weighted by Gasteiger charge is 2.11. The second-order valence-corrected chi connectivity index (χ2v) is 3.91. The van der Waals surface area contributed by atoms with Crippen LogP contribution in [0.1, 0.15) is 11.3 Å². The van der Waals surface area contributed by atoms with Crippen LogP contribution in [-0.2, 0) is 13.6 Å². The van der Waals surface area contributed by atoms with Gasteiger partial charge < -0.3 is 5.32 Å². The molecular formula is C11H13N5O2. The highest BCUT2D eigenvalue weighted by Crippen LogP contribution is 2.19. The van der Waals surface area contributed by atoms with Gasteiger partial charge in [-0.25, -0.2) is 4.98 Å². The molecule has 0 fully saturated rings. The highest BCUT2D eigenvalue weighted by molar-refractivity contribution is 5.46. The van der Waals surface area contributed by atoms with Gasteiger partial charge in [0.25, 0.3) is 5.69 Å². The molecule has 0 unspecified atom stereocenters. The molecule has 18 heavy (non-hydrogen) atoms. The van der Waals surface area contributed by atoms with Crippen LogP contribution in [0.25, 0.3) is 0 Å². The monoisotopic (exact) mass is 247 g/mol. The Bertz CT molecular complexity index is 579. The van der Waals surface area contributed by atoms with Crippen LogP contribution in [0, 0.1) is 17.0 Å². The number of hydrogen-bond donors (Lipinski definition) is 1. The summed E-state index contributed by atoms with van der Waals surface area (Å²) in [4.78, 5) is 14.2. The first kappa shape index (κ1) is 12.0. The van der Waals surface area contributed by atoms with Crippen LogP contribution in [-0.4, -0.2) is 19.7 Å². The van der Waals surface area contributed by atoms with Crippen molar-refractivity contribution in [3.63, 3.8) is 0 Å². The van der Waals surface area contributed by atoms with Crippen molar-refractivity contribution in [3.8, 4) is 0 Å². The van der Waals surface area contributed by atoms with Crippen molar-refractivity contribution in [1.29, 1.82) is 0 Å². The van der Waals surface area contributed by atoms with Crippen molar-refractivity contribution in [2.24, 2.45) is 7.05 Å². The van der Waals surface area contributed by atoms with Crippen LogP contribution in [0.2, 0.25) is 0 Å². The van der Waals surface area contributed by atoms with Gasteiger partial charge in [0.05, 0.1) is 17.2 Å². The zero-order valence-corrected chi connectivity index (χ0v) is 10.1. The van der Waals surface area contributed by atoms with Crippen LogP contribution in [0.5, 0.6) is 0 Å². The number of hydrogen-bond acceptors (Lipinski definition) is 5. The van der Waals surface area contributed by atoms with E-state index in [0.717, 1.165) is 5.69 Å². The lowest BCUT2D eigenvalue weighted by Crippen LogP contribution is -2.07. The van der Waals surface area contributed by atoms with Crippen molar-refractivity contribution >= 4 is 11.5 Å². The summed E-state index contributed by atoms with van der Waals surface area (Å²) in [5, 5.41) is 17.8. The number of rotatable bonds is 4. The van der Waals surface area contributed by atoms with Gasteiger partial charge in [-0.15, -0.1) is 0 Å². The van der Waals surface area contributed by atoms with Gasteiger partial charge in [0.2, 0.25) is 0 Å². The van der Waals surface area contributed by atoms with E-state index in [1.807, 2.05) is 13.1 Å². The molecule has 0 aliphatic heterocycles. The normalized spacial score (nSPS) is 10.3. The predicted molar refractivity (Wildman–Crippen MR) is 66.2 cm³/mol. The number of anilines is 1. The van der Waals surface area contributed by atoms with E-state index in [0.29, 0.717) is 17.9 Å². The molecule has 0 aromatic carbocycles. The molecule has 0 atom stereocenters. The molecule has 2 heterocycles. The molecule has 2 aromatic heterocycles. The lowest BCUT2D eigenvalue weighted by atomic mass is 10.2. The molecule has 0 amide bonds. The standard InChI is InChI=1S/C11H13N5O2/c1-8-5-11(13-7-10(8)16(17)18)12-6-9-3-4-14-15(9)2/h3-5,7H,6H2,1-2H3,(H,12,13). The van der Waals surface area contributed by atoms with Gasteiger partial charge in [-0.3, -0.25) is 14.8 Å². The molecule has 0 aliphatic carbocycles. The van der Waals surface area contributed by atoms with Crippen LogP contribution in [0.15, 0.2) is 24.5 Å². The molecule has 7 heteroatoms. The molecule has 0 spiro atoms. The van der Waals surface area contributed by atoms with Gasteiger partial charge in [0.15, 0.2) is 0 Å². The van der Waals surface area contributed by atoms with E-state index in [2.05, 4.69) is 15.4 Å². The minimum absolute atomic E-state index is 0.0288. The first-order chi connectivity index (χ1) is 8.58. The summed E-state index contributed by atoms with van der Waals surface area (Å²) >= 11 is 0. The Balaban J connectivity index is 2.09. The summed E-state index contributed by atoms with van der Waals surface area (Å²) in [5.41, 5.74) is 1.62. The topological polar surface area (TPSA) is 85.9 Å². The van der Waals surface area contributed by atoms with E-state index in [1.165, 1.54) is 6.20 Å². The number of aromatic nitrogens is 3. The Morgan fingerprint density at radius 1 is 1.56 bits per heavy atom. The Morgan fingerprint density at radius 3 is 2.89 bits per heavy atom. The summed E-state index contributed by atoms with van der Waals surface area (Å²) < 4.78 is 1.76. The second kappa shape index (κ2) is 4.82. The fourth-order valence-corrected chi connectivity index (χ4v) is 1.59. The lowest BCUT2D eigenvalue weighted by molar-refractivity contribution is -0.385. The second-order valence-electron chi connectivity index (χ2n) is 3.91. The quantitative estimate of drug-likeness (QED) is 0.655. The number of pyridine rings is 1. The van der Waals surface area contributed by atoms with Crippen molar-refractivity contribution in [2.45, 2.75) is 13.5 Å². The van der Waals surface area contributed by atoms with E-state index in [9.17, 15) is 10.1 Å². The van der Waals surface area contributed by atoms with Gasteiger partial charge >= 0.3 is 0 Å². The van der Waals surface area contributed by atoms with E-state index in [1.54, 1.807) is 23.9 Å². The third-order valence-corrected chi connectivity index (χ3v) is 2.65. The first-order valence-electron chi connectivity index (χ1n) is 5.39. The third kappa shape index (κ3) is 2.45. The molecule has 0 saturated heterocycles.